The van der Waals surface area contributed by atoms with Gasteiger partial charge in [-0.05, 0) is 23.3 Å². The molecule has 0 aromatic heterocycles. The Balaban J connectivity index is 0.00000192. The van der Waals surface area contributed by atoms with Crippen LogP contribution in [0.15, 0.2) is 91.0 Å². The SMILES string of the molecule is O=C(Oc1ccccc1)C(c1ccccc1)c1ccccc1.[PbH2]. The first-order valence-electron chi connectivity index (χ1n) is 7.21. The summed E-state index contributed by atoms with van der Waals surface area (Å²) in [4.78, 5) is 12.7. The molecule has 0 atom stereocenters. The van der Waals surface area contributed by atoms with Crippen molar-refractivity contribution >= 4 is 33.3 Å². The Morgan fingerprint density at radius 1 is 0.652 bits per heavy atom. The van der Waals surface area contributed by atoms with Crippen molar-refractivity contribution in [1.29, 1.82) is 0 Å². The molecule has 114 valence electrons. The van der Waals surface area contributed by atoms with E-state index in [0.717, 1.165) is 11.1 Å². The van der Waals surface area contributed by atoms with Crippen molar-refractivity contribution in [3.63, 3.8) is 0 Å². The number of esters is 1. The summed E-state index contributed by atoms with van der Waals surface area (Å²) in [6, 6.07) is 28.6. The molecule has 3 rings (SSSR count). The fraction of sp³-hybridized carbons (Fsp3) is 0.0500. The van der Waals surface area contributed by atoms with Crippen LogP contribution in [0.4, 0.5) is 0 Å². The maximum atomic E-state index is 12.7. The third-order valence-electron chi connectivity index (χ3n) is 3.46. The van der Waals surface area contributed by atoms with Crippen LogP contribution < -0.4 is 4.74 Å². The Hall–Kier alpha value is -1.95. The summed E-state index contributed by atoms with van der Waals surface area (Å²) in [7, 11) is 0. The molecule has 0 saturated heterocycles. The second-order valence-electron chi connectivity index (χ2n) is 4.99. The molecule has 3 heteroatoms. The molecule has 0 saturated carbocycles. The van der Waals surface area contributed by atoms with Crippen LogP contribution >= 0.6 is 0 Å². The third-order valence-corrected chi connectivity index (χ3v) is 3.46. The standard InChI is InChI=1S/C20H16O2.Pb.2H/c21-20(22-18-14-8-3-9-15-18)19(16-10-4-1-5-11-16)17-12-6-2-7-13-17;;;/h1-15,19H;;;. The number of benzene rings is 3. The first-order chi connectivity index (χ1) is 10.8. The van der Waals surface area contributed by atoms with E-state index in [1.54, 1.807) is 12.1 Å². The molecular formula is C20H18O2Pb. The Kier molecular flexibility index (Phi) is 6.53. The van der Waals surface area contributed by atoms with Crippen LogP contribution in [0, 0.1) is 0 Å². The summed E-state index contributed by atoms with van der Waals surface area (Å²) >= 11 is 0. The number of hydrogen-bond donors (Lipinski definition) is 0. The van der Waals surface area contributed by atoms with Crippen molar-refractivity contribution in [3.8, 4) is 5.75 Å². The van der Waals surface area contributed by atoms with E-state index in [-0.39, 0.29) is 33.3 Å². The Morgan fingerprint density at radius 2 is 1.04 bits per heavy atom. The molecule has 0 heterocycles. The molecule has 0 unspecified atom stereocenters. The molecule has 23 heavy (non-hydrogen) atoms. The van der Waals surface area contributed by atoms with Crippen LogP contribution in [0.2, 0.25) is 0 Å². The van der Waals surface area contributed by atoms with Gasteiger partial charge in [0, 0.05) is 0 Å². The van der Waals surface area contributed by atoms with Gasteiger partial charge in [0.2, 0.25) is 0 Å². The average Bonchev–Trinajstić information content (AvgIpc) is 2.58. The minimum atomic E-state index is -0.428. The van der Waals surface area contributed by atoms with E-state index in [2.05, 4.69) is 0 Å². The quantitative estimate of drug-likeness (QED) is 0.313. The van der Waals surface area contributed by atoms with E-state index in [1.807, 2.05) is 78.9 Å². The van der Waals surface area contributed by atoms with Gasteiger partial charge in [-0.2, -0.15) is 0 Å². The fourth-order valence-corrected chi connectivity index (χ4v) is 2.42. The Bertz CT molecular complexity index is 688. The number of para-hydroxylation sites is 1. The molecule has 2 nitrogen and oxygen atoms in total. The zero-order valence-electron chi connectivity index (χ0n) is 12.8. The molecule has 0 spiro atoms. The second-order valence-corrected chi connectivity index (χ2v) is 4.99. The molecule has 0 amide bonds. The summed E-state index contributed by atoms with van der Waals surface area (Å²) in [5.41, 5.74) is 1.85. The van der Waals surface area contributed by atoms with E-state index in [4.69, 9.17) is 4.74 Å². The number of ether oxygens (including phenoxy) is 1. The molecule has 3 aromatic carbocycles. The van der Waals surface area contributed by atoms with E-state index in [1.165, 1.54) is 0 Å². The molecule has 0 N–H and O–H groups in total. The fourth-order valence-electron chi connectivity index (χ4n) is 2.42. The van der Waals surface area contributed by atoms with Crippen molar-refractivity contribution in [2.24, 2.45) is 0 Å². The van der Waals surface area contributed by atoms with Crippen molar-refractivity contribution in [1.82, 2.24) is 0 Å². The Labute approximate surface area is 156 Å². The first kappa shape index (κ1) is 17.4. The van der Waals surface area contributed by atoms with Crippen LogP contribution in [0.25, 0.3) is 0 Å². The van der Waals surface area contributed by atoms with Crippen LogP contribution in [-0.2, 0) is 4.79 Å². The third kappa shape index (κ3) is 4.51. The first-order valence-corrected chi connectivity index (χ1v) is 7.21. The number of carbonyl (C=O) groups excluding carboxylic acids is 1. The van der Waals surface area contributed by atoms with Gasteiger partial charge in [0.15, 0.2) is 0 Å². The molecule has 0 aliphatic rings. The van der Waals surface area contributed by atoms with Gasteiger partial charge < -0.3 is 4.74 Å². The normalized spacial score (nSPS) is 9.96. The van der Waals surface area contributed by atoms with Crippen molar-refractivity contribution < 1.29 is 9.53 Å². The van der Waals surface area contributed by atoms with Gasteiger partial charge in [-0.3, -0.25) is 4.79 Å². The predicted molar refractivity (Wildman–Crippen MR) is 95.3 cm³/mol. The van der Waals surface area contributed by atoms with Crippen LogP contribution in [-0.4, -0.2) is 33.3 Å². The second kappa shape index (κ2) is 8.62. The summed E-state index contributed by atoms with van der Waals surface area (Å²) in [6.07, 6.45) is 0. The summed E-state index contributed by atoms with van der Waals surface area (Å²) < 4.78 is 5.55. The molecular weight excluding hydrogens is 479 g/mol. The van der Waals surface area contributed by atoms with Crippen LogP contribution in [0.1, 0.15) is 17.0 Å². The molecule has 0 fully saturated rings. The van der Waals surface area contributed by atoms with Gasteiger partial charge in [-0.1, -0.05) is 78.9 Å². The molecule has 2 radical (unpaired) electrons. The molecule has 3 aromatic rings. The predicted octanol–water partition coefficient (Wildman–Crippen LogP) is 3.51. The van der Waals surface area contributed by atoms with Crippen molar-refractivity contribution in [2.45, 2.75) is 5.92 Å². The van der Waals surface area contributed by atoms with Crippen molar-refractivity contribution in [2.75, 3.05) is 0 Å². The van der Waals surface area contributed by atoms with E-state index in [9.17, 15) is 4.79 Å². The number of hydrogen-bond acceptors (Lipinski definition) is 2. The monoisotopic (exact) mass is 498 g/mol. The maximum absolute atomic E-state index is 12.7. The van der Waals surface area contributed by atoms with Gasteiger partial charge in [-0.15, -0.1) is 0 Å². The zero-order valence-corrected chi connectivity index (χ0v) is 18.3. The van der Waals surface area contributed by atoms with Gasteiger partial charge in [-0.25, -0.2) is 0 Å². The summed E-state index contributed by atoms with van der Waals surface area (Å²) in [5, 5.41) is 0. The van der Waals surface area contributed by atoms with E-state index < -0.39 is 5.92 Å². The molecule has 0 bridgehead atoms. The molecule has 0 aliphatic heterocycles. The van der Waals surface area contributed by atoms with Crippen molar-refractivity contribution in [3.05, 3.63) is 102 Å². The van der Waals surface area contributed by atoms with E-state index >= 15 is 0 Å². The topological polar surface area (TPSA) is 26.3 Å². The molecule has 0 aliphatic carbocycles. The number of carbonyl (C=O) groups is 1. The number of rotatable bonds is 4. The minimum absolute atomic E-state index is 0. The van der Waals surface area contributed by atoms with Gasteiger partial charge in [0.1, 0.15) is 11.7 Å². The summed E-state index contributed by atoms with van der Waals surface area (Å²) in [5.74, 6) is -0.143. The average molecular weight is 498 g/mol. The van der Waals surface area contributed by atoms with Gasteiger partial charge in [0.25, 0.3) is 0 Å². The van der Waals surface area contributed by atoms with Crippen LogP contribution in [0.3, 0.4) is 0 Å². The van der Waals surface area contributed by atoms with Gasteiger partial charge in [0.05, 0.1) is 0 Å². The van der Waals surface area contributed by atoms with E-state index in [0.29, 0.717) is 5.75 Å². The zero-order chi connectivity index (χ0) is 15.2. The van der Waals surface area contributed by atoms with Crippen LogP contribution in [0.5, 0.6) is 5.75 Å². The van der Waals surface area contributed by atoms with Gasteiger partial charge >= 0.3 is 33.3 Å². The summed E-state index contributed by atoms with van der Waals surface area (Å²) in [6.45, 7) is 0. The Morgan fingerprint density at radius 3 is 1.48 bits per heavy atom.